The lowest BCUT2D eigenvalue weighted by molar-refractivity contribution is -0.123. The van der Waals surface area contributed by atoms with Gasteiger partial charge in [-0.05, 0) is 71.5 Å². The Kier molecular flexibility index (Phi) is 13.2. The second-order valence-corrected chi connectivity index (χ2v) is 10.2. The number of rotatable bonds is 17. The van der Waals surface area contributed by atoms with E-state index in [9.17, 15) is 9.59 Å². The third-order valence-corrected chi connectivity index (χ3v) is 6.71. The van der Waals surface area contributed by atoms with Crippen LogP contribution in [0, 0.1) is 0 Å². The van der Waals surface area contributed by atoms with E-state index >= 15 is 0 Å². The maximum atomic E-state index is 12.2. The summed E-state index contributed by atoms with van der Waals surface area (Å²) in [5.41, 5.74) is 8.62. The Bertz CT molecular complexity index is 1490. The minimum Gasteiger partial charge on any atom is -0.493 e. The lowest BCUT2D eigenvalue weighted by atomic mass is 10.2. The molecule has 0 aromatic heterocycles. The van der Waals surface area contributed by atoms with Crippen LogP contribution < -0.4 is 29.8 Å². The number of nitrogens with one attached hydrogen (secondary N) is 2. The molecule has 0 fully saturated rings. The summed E-state index contributed by atoms with van der Waals surface area (Å²) >= 11 is 0. The van der Waals surface area contributed by atoms with Crippen molar-refractivity contribution in [3.63, 3.8) is 0 Å². The highest BCUT2D eigenvalue weighted by molar-refractivity contribution is 5.84. The van der Waals surface area contributed by atoms with Gasteiger partial charge in [0.25, 0.3) is 0 Å². The van der Waals surface area contributed by atoms with E-state index in [1.807, 2.05) is 72.8 Å². The Hall–Kier alpha value is -5.64. The Morgan fingerprint density at radius 1 is 0.587 bits per heavy atom. The molecule has 0 aliphatic carbocycles. The van der Waals surface area contributed by atoms with Gasteiger partial charge in [-0.15, -0.1) is 0 Å². The first kappa shape index (κ1) is 33.3. The average molecular weight is 623 g/mol. The zero-order valence-corrected chi connectivity index (χ0v) is 26.0. The second-order valence-electron chi connectivity index (χ2n) is 10.2. The van der Waals surface area contributed by atoms with E-state index in [0.717, 1.165) is 22.3 Å². The molecule has 10 heteroatoms. The first-order valence-corrected chi connectivity index (χ1v) is 14.9. The first-order chi connectivity index (χ1) is 22.5. The van der Waals surface area contributed by atoms with Crippen molar-refractivity contribution in [2.45, 2.75) is 38.9 Å². The van der Waals surface area contributed by atoms with Gasteiger partial charge < -0.3 is 18.9 Å². The molecule has 238 valence electrons. The summed E-state index contributed by atoms with van der Waals surface area (Å²) in [7, 11) is 3.14. The molecule has 2 N–H and O–H groups in total. The van der Waals surface area contributed by atoms with Gasteiger partial charge in [-0.25, -0.2) is 10.9 Å². The molecular formula is C36H38N4O6. The predicted molar refractivity (Wildman–Crippen MR) is 177 cm³/mol. The van der Waals surface area contributed by atoms with Crippen molar-refractivity contribution >= 4 is 24.2 Å². The number of hydrazone groups is 2. The molecule has 4 aromatic carbocycles. The van der Waals surface area contributed by atoms with Crippen LogP contribution in [0.5, 0.6) is 23.0 Å². The van der Waals surface area contributed by atoms with Crippen LogP contribution in [0.25, 0.3) is 0 Å². The number of benzene rings is 4. The van der Waals surface area contributed by atoms with E-state index in [0.29, 0.717) is 49.1 Å². The number of carbonyl (C=O) groups is 2. The monoisotopic (exact) mass is 622 g/mol. The van der Waals surface area contributed by atoms with Crippen LogP contribution >= 0.6 is 0 Å². The summed E-state index contributed by atoms with van der Waals surface area (Å²) in [5, 5.41) is 8.06. The zero-order chi connectivity index (χ0) is 32.4. The van der Waals surface area contributed by atoms with Gasteiger partial charge in [0.1, 0.15) is 13.2 Å². The smallest absolute Gasteiger partial charge is 0.240 e. The fraction of sp³-hybridized carbons (Fsp3) is 0.222. The molecule has 0 saturated carbocycles. The molecule has 0 aliphatic heterocycles. The van der Waals surface area contributed by atoms with Gasteiger partial charge >= 0.3 is 0 Å². The number of carbonyl (C=O) groups excluding carboxylic acids is 2. The molecule has 0 atom stereocenters. The van der Waals surface area contributed by atoms with E-state index in [1.165, 1.54) is 12.4 Å². The summed E-state index contributed by atoms with van der Waals surface area (Å²) in [6.07, 6.45) is 4.61. The van der Waals surface area contributed by atoms with Crippen molar-refractivity contribution in [1.29, 1.82) is 0 Å². The van der Waals surface area contributed by atoms with Crippen LogP contribution in [0.2, 0.25) is 0 Å². The molecule has 0 aliphatic rings. The van der Waals surface area contributed by atoms with Gasteiger partial charge in [0.15, 0.2) is 23.0 Å². The SMILES string of the molecule is COc1cc(/C=N/NC(=O)CCCCC(=O)N/N=C/c2ccc(OCc3ccccc3)c(OC)c2)ccc1OCc1ccccc1. The Morgan fingerprint density at radius 3 is 1.39 bits per heavy atom. The molecular weight excluding hydrogens is 584 g/mol. The van der Waals surface area contributed by atoms with Crippen molar-refractivity contribution < 1.29 is 28.5 Å². The molecule has 0 heterocycles. The summed E-state index contributed by atoms with van der Waals surface area (Å²) in [6.45, 7) is 0.845. The van der Waals surface area contributed by atoms with Crippen LogP contribution in [0.4, 0.5) is 0 Å². The van der Waals surface area contributed by atoms with Gasteiger partial charge in [-0.2, -0.15) is 10.2 Å². The average Bonchev–Trinajstić information content (AvgIpc) is 3.09. The van der Waals surface area contributed by atoms with Crippen molar-refractivity contribution in [2.75, 3.05) is 14.2 Å². The highest BCUT2D eigenvalue weighted by Gasteiger charge is 2.08. The summed E-state index contributed by atoms with van der Waals surface area (Å²) in [4.78, 5) is 24.4. The van der Waals surface area contributed by atoms with E-state index in [1.54, 1.807) is 38.5 Å². The summed E-state index contributed by atoms with van der Waals surface area (Å²) in [5.74, 6) is 1.87. The lowest BCUT2D eigenvalue weighted by Gasteiger charge is -2.11. The molecule has 0 saturated heterocycles. The van der Waals surface area contributed by atoms with Gasteiger partial charge in [0, 0.05) is 12.8 Å². The number of unbranched alkanes of at least 4 members (excludes halogenated alkanes) is 1. The minimum absolute atomic E-state index is 0.238. The van der Waals surface area contributed by atoms with Crippen LogP contribution in [-0.2, 0) is 22.8 Å². The number of methoxy groups -OCH3 is 2. The quantitative estimate of drug-likeness (QED) is 0.0844. The zero-order valence-electron chi connectivity index (χ0n) is 26.0. The Balaban J connectivity index is 1.12. The molecule has 0 radical (unpaired) electrons. The molecule has 2 amide bonds. The second kappa shape index (κ2) is 18.2. The summed E-state index contributed by atoms with van der Waals surface area (Å²) in [6, 6.07) is 30.5. The Morgan fingerprint density at radius 2 is 1.00 bits per heavy atom. The first-order valence-electron chi connectivity index (χ1n) is 14.9. The molecule has 0 unspecified atom stereocenters. The molecule has 4 aromatic rings. The molecule has 4 rings (SSSR count). The van der Waals surface area contributed by atoms with E-state index in [2.05, 4.69) is 21.1 Å². The van der Waals surface area contributed by atoms with Crippen LogP contribution in [-0.4, -0.2) is 38.5 Å². The predicted octanol–water partition coefficient (Wildman–Crippen LogP) is 6.02. The number of hydrogen-bond acceptors (Lipinski definition) is 8. The largest absolute Gasteiger partial charge is 0.493 e. The normalized spacial score (nSPS) is 10.9. The fourth-order valence-corrected chi connectivity index (χ4v) is 4.28. The third kappa shape index (κ3) is 11.1. The number of hydrogen-bond donors (Lipinski definition) is 2. The fourth-order valence-electron chi connectivity index (χ4n) is 4.28. The van der Waals surface area contributed by atoms with Gasteiger partial charge in [0.05, 0.1) is 26.6 Å². The molecule has 0 spiro atoms. The maximum absolute atomic E-state index is 12.2. The lowest BCUT2D eigenvalue weighted by Crippen LogP contribution is -2.19. The highest BCUT2D eigenvalue weighted by Crippen LogP contribution is 2.29. The van der Waals surface area contributed by atoms with Crippen molar-refractivity contribution in [3.05, 3.63) is 119 Å². The molecule has 10 nitrogen and oxygen atoms in total. The minimum atomic E-state index is -0.241. The van der Waals surface area contributed by atoms with Gasteiger partial charge in [0.2, 0.25) is 11.8 Å². The summed E-state index contributed by atoms with van der Waals surface area (Å²) < 4.78 is 22.6. The van der Waals surface area contributed by atoms with Crippen LogP contribution in [0.3, 0.4) is 0 Å². The number of nitrogens with zero attached hydrogens (tertiary/aromatic N) is 2. The van der Waals surface area contributed by atoms with Crippen LogP contribution in [0.1, 0.15) is 47.9 Å². The maximum Gasteiger partial charge on any atom is 0.240 e. The molecule has 0 bridgehead atoms. The van der Waals surface area contributed by atoms with Gasteiger partial charge in [-0.1, -0.05) is 60.7 Å². The van der Waals surface area contributed by atoms with Crippen molar-refractivity contribution in [1.82, 2.24) is 10.9 Å². The number of ether oxygens (including phenoxy) is 4. The van der Waals surface area contributed by atoms with E-state index in [-0.39, 0.29) is 24.7 Å². The van der Waals surface area contributed by atoms with Gasteiger partial charge in [-0.3, -0.25) is 9.59 Å². The van der Waals surface area contributed by atoms with E-state index < -0.39 is 0 Å². The van der Waals surface area contributed by atoms with Crippen molar-refractivity contribution in [3.8, 4) is 23.0 Å². The van der Waals surface area contributed by atoms with Crippen LogP contribution in [0.15, 0.2) is 107 Å². The Labute approximate surface area is 269 Å². The third-order valence-electron chi connectivity index (χ3n) is 6.71. The van der Waals surface area contributed by atoms with Crippen molar-refractivity contribution in [2.24, 2.45) is 10.2 Å². The standard InChI is InChI=1S/C36H38N4O6/c1-43-33-21-29(17-19-31(33)45-25-27-11-5-3-6-12-27)23-37-39-35(41)15-9-10-16-36(42)40-38-24-30-18-20-32(34(22-30)44-2)46-26-28-13-7-4-8-14-28/h3-8,11-14,17-24H,9-10,15-16,25-26H2,1-2H3,(H,39,41)(H,40,42)/b37-23+,38-24+. The number of amides is 2. The topological polar surface area (TPSA) is 120 Å². The molecule has 46 heavy (non-hydrogen) atoms. The van der Waals surface area contributed by atoms with E-state index in [4.69, 9.17) is 18.9 Å². The highest BCUT2D eigenvalue weighted by atomic mass is 16.5.